The van der Waals surface area contributed by atoms with Crippen molar-refractivity contribution in [3.63, 3.8) is 0 Å². The van der Waals surface area contributed by atoms with Crippen LogP contribution < -0.4 is 10.6 Å². The van der Waals surface area contributed by atoms with Crippen molar-refractivity contribution in [1.29, 1.82) is 0 Å². The van der Waals surface area contributed by atoms with Crippen LogP contribution >= 0.6 is 11.6 Å². The molecule has 0 spiro atoms. The third-order valence-corrected chi connectivity index (χ3v) is 3.52. The molecule has 2 N–H and O–H groups in total. The van der Waals surface area contributed by atoms with Crippen molar-refractivity contribution in [2.45, 2.75) is 39.7 Å². The number of nitrogens with zero attached hydrogens (tertiary/aromatic N) is 1. The molecule has 0 atom stereocenters. The van der Waals surface area contributed by atoms with E-state index in [4.69, 9.17) is 11.6 Å². The zero-order valence-corrected chi connectivity index (χ0v) is 13.4. The number of rotatable bonds is 6. The van der Waals surface area contributed by atoms with Gasteiger partial charge in [0.1, 0.15) is 5.69 Å². The van der Waals surface area contributed by atoms with E-state index in [1.165, 1.54) is 12.1 Å². The topological polar surface area (TPSA) is 84.3 Å². The first-order valence-electron chi connectivity index (χ1n) is 6.76. The number of carbonyl (C=O) groups excluding carboxylic acids is 1. The minimum Gasteiger partial charge on any atom is -0.379 e. The van der Waals surface area contributed by atoms with E-state index in [-0.39, 0.29) is 27.9 Å². The summed E-state index contributed by atoms with van der Waals surface area (Å²) in [5.41, 5.74) is -0.187. The Morgan fingerprint density at radius 2 is 2.00 bits per heavy atom. The van der Waals surface area contributed by atoms with E-state index in [2.05, 4.69) is 10.6 Å². The number of anilines is 1. The molecule has 0 aliphatic carbocycles. The lowest BCUT2D eigenvalue weighted by molar-refractivity contribution is -0.384. The molecule has 116 valence electrons. The molecular formula is C14H20ClN3O3. The molecule has 21 heavy (non-hydrogen) atoms. The van der Waals surface area contributed by atoms with Gasteiger partial charge in [-0.1, -0.05) is 18.5 Å². The fraction of sp³-hybridized carbons (Fsp3) is 0.500. The SMILES string of the molecule is CCNc1c(Cl)cc(C(=O)NC(C)(C)CC)cc1[N+](=O)[O-]. The van der Waals surface area contributed by atoms with E-state index >= 15 is 0 Å². The van der Waals surface area contributed by atoms with E-state index in [0.717, 1.165) is 6.42 Å². The fourth-order valence-corrected chi connectivity index (χ4v) is 1.97. The molecule has 6 nitrogen and oxygen atoms in total. The van der Waals surface area contributed by atoms with Crippen LogP contribution in [0.15, 0.2) is 12.1 Å². The van der Waals surface area contributed by atoms with Gasteiger partial charge in [-0.2, -0.15) is 0 Å². The number of carbonyl (C=O) groups is 1. The van der Waals surface area contributed by atoms with E-state index in [1.807, 2.05) is 27.7 Å². The fourth-order valence-electron chi connectivity index (χ4n) is 1.69. The molecule has 0 aliphatic rings. The van der Waals surface area contributed by atoms with Crippen LogP contribution in [0, 0.1) is 10.1 Å². The summed E-state index contributed by atoms with van der Waals surface area (Å²) in [6.45, 7) is 8.02. The Labute approximate surface area is 129 Å². The number of halogens is 1. The summed E-state index contributed by atoms with van der Waals surface area (Å²) in [6, 6.07) is 2.68. The molecule has 0 saturated carbocycles. The highest BCUT2D eigenvalue weighted by atomic mass is 35.5. The van der Waals surface area contributed by atoms with Gasteiger partial charge in [-0.15, -0.1) is 0 Å². The normalized spacial score (nSPS) is 11.1. The minimum absolute atomic E-state index is 0.158. The van der Waals surface area contributed by atoms with Gasteiger partial charge in [0.25, 0.3) is 11.6 Å². The first-order valence-corrected chi connectivity index (χ1v) is 7.14. The highest BCUT2D eigenvalue weighted by Gasteiger charge is 2.24. The standard InChI is InChI=1S/C14H20ClN3O3/c1-5-14(3,4)17-13(19)9-7-10(15)12(16-6-2)11(8-9)18(20)21/h7-8,16H,5-6H2,1-4H3,(H,17,19). The van der Waals surface area contributed by atoms with E-state index in [0.29, 0.717) is 6.54 Å². The van der Waals surface area contributed by atoms with Crippen molar-refractivity contribution < 1.29 is 9.72 Å². The average molecular weight is 314 g/mol. The minimum atomic E-state index is -0.550. The molecule has 0 fully saturated rings. The summed E-state index contributed by atoms with van der Waals surface area (Å²) >= 11 is 6.06. The molecule has 1 aromatic carbocycles. The third-order valence-electron chi connectivity index (χ3n) is 3.22. The van der Waals surface area contributed by atoms with Gasteiger partial charge in [0.15, 0.2) is 0 Å². The van der Waals surface area contributed by atoms with E-state index < -0.39 is 10.5 Å². The van der Waals surface area contributed by atoms with Crippen LogP contribution in [-0.4, -0.2) is 22.9 Å². The maximum Gasteiger partial charge on any atom is 0.294 e. The Kier molecular flexibility index (Phi) is 5.54. The molecule has 0 saturated heterocycles. The van der Waals surface area contributed by atoms with E-state index in [1.54, 1.807) is 0 Å². The van der Waals surface area contributed by atoms with Gasteiger partial charge < -0.3 is 10.6 Å². The molecule has 1 rings (SSSR count). The molecule has 0 bridgehead atoms. The summed E-state index contributed by atoms with van der Waals surface area (Å²) in [5.74, 6) is -0.380. The molecule has 0 aliphatic heterocycles. The van der Waals surface area contributed by atoms with Gasteiger partial charge >= 0.3 is 0 Å². The van der Waals surface area contributed by atoms with Crippen LogP contribution in [0.4, 0.5) is 11.4 Å². The van der Waals surface area contributed by atoms with Gasteiger partial charge in [-0.3, -0.25) is 14.9 Å². The van der Waals surface area contributed by atoms with Crippen molar-refractivity contribution in [3.8, 4) is 0 Å². The number of nitro groups is 1. The Hall–Kier alpha value is -1.82. The number of hydrogen-bond acceptors (Lipinski definition) is 4. The quantitative estimate of drug-likeness (QED) is 0.621. The Bertz CT molecular complexity index is 559. The second-order valence-corrected chi connectivity index (χ2v) is 5.74. The second kappa shape index (κ2) is 6.76. The highest BCUT2D eigenvalue weighted by Crippen LogP contribution is 2.33. The molecule has 0 aromatic heterocycles. The van der Waals surface area contributed by atoms with Crippen molar-refractivity contribution in [3.05, 3.63) is 32.8 Å². The summed E-state index contributed by atoms with van der Waals surface area (Å²) in [4.78, 5) is 22.8. The Morgan fingerprint density at radius 1 is 1.38 bits per heavy atom. The summed E-state index contributed by atoms with van der Waals surface area (Å²) in [6.07, 6.45) is 0.740. The van der Waals surface area contributed by atoms with Crippen molar-refractivity contribution >= 4 is 28.9 Å². The van der Waals surface area contributed by atoms with Crippen molar-refractivity contribution in [2.24, 2.45) is 0 Å². The van der Waals surface area contributed by atoms with Gasteiger partial charge in [0.2, 0.25) is 0 Å². The average Bonchev–Trinajstić information content (AvgIpc) is 2.40. The van der Waals surface area contributed by atoms with Crippen LogP contribution in [0.2, 0.25) is 5.02 Å². The Morgan fingerprint density at radius 3 is 2.48 bits per heavy atom. The van der Waals surface area contributed by atoms with Crippen molar-refractivity contribution in [1.82, 2.24) is 5.32 Å². The Balaban J connectivity index is 3.21. The smallest absolute Gasteiger partial charge is 0.294 e. The molecule has 0 heterocycles. The maximum absolute atomic E-state index is 12.2. The molecule has 1 aromatic rings. The lowest BCUT2D eigenvalue weighted by Crippen LogP contribution is -2.42. The molecular weight excluding hydrogens is 294 g/mol. The number of hydrogen-bond donors (Lipinski definition) is 2. The van der Waals surface area contributed by atoms with Crippen LogP contribution in [0.25, 0.3) is 0 Å². The first kappa shape index (κ1) is 17.2. The van der Waals surface area contributed by atoms with Gasteiger partial charge in [-0.25, -0.2) is 0 Å². The summed E-state index contributed by atoms with van der Waals surface area (Å²) in [5, 5.41) is 17.0. The highest BCUT2D eigenvalue weighted by molar-refractivity contribution is 6.34. The third kappa shape index (κ3) is 4.32. The zero-order valence-electron chi connectivity index (χ0n) is 12.6. The first-order chi connectivity index (χ1) is 9.71. The van der Waals surface area contributed by atoms with Gasteiger partial charge in [0.05, 0.1) is 9.95 Å². The van der Waals surface area contributed by atoms with Crippen molar-refractivity contribution in [2.75, 3.05) is 11.9 Å². The van der Waals surface area contributed by atoms with Crippen LogP contribution in [0.3, 0.4) is 0 Å². The van der Waals surface area contributed by atoms with Gasteiger partial charge in [-0.05, 0) is 33.3 Å². The number of benzene rings is 1. The maximum atomic E-state index is 12.2. The van der Waals surface area contributed by atoms with E-state index in [9.17, 15) is 14.9 Å². The molecule has 1 amide bonds. The lowest BCUT2D eigenvalue weighted by Gasteiger charge is -2.24. The summed E-state index contributed by atoms with van der Waals surface area (Å²) < 4.78 is 0. The largest absolute Gasteiger partial charge is 0.379 e. The lowest BCUT2D eigenvalue weighted by atomic mass is 10.0. The number of nitrogens with one attached hydrogen (secondary N) is 2. The predicted octanol–water partition coefficient (Wildman–Crippen LogP) is 3.60. The van der Waals surface area contributed by atoms with Crippen LogP contribution in [0.5, 0.6) is 0 Å². The molecule has 7 heteroatoms. The predicted molar refractivity (Wildman–Crippen MR) is 84.1 cm³/mol. The number of amides is 1. The monoisotopic (exact) mass is 313 g/mol. The van der Waals surface area contributed by atoms with Crippen LogP contribution in [0.1, 0.15) is 44.5 Å². The van der Waals surface area contributed by atoms with Crippen LogP contribution in [-0.2, 0) is 0 Å². The number of nitro benzene ring substituents is 1. The summed E-state index contributed by atoms with van der Waals surface area (Å²) in [7, 11) is 0. The molecule has 0 radical (unpaired) electrons. The molecule has 0 unspecified atom stereocenters. The van der Waals surface area contributed by atoms with Gasteiger partial charge in [0, 0.05) is 23.7 Å². The zero-order chi connectivity index (χ0) is 16.2. The second-order valence-electron chi connectivity index (χ2n) is 5.33.